The molecule has 1 amide bonds. The Bertz CT molecular complexity index is 3560. The van der Waals surface area contributed by atoms with Crippen molar-refractivity contribution < 1.29 is 59.9 Å². The van der Waals surface area contributed by atoms with E-state index in [-0.39, 0.29) is 56.1 Å². The number of allylic oxidation sites excluding steroid dienone is 12. The summed E-state index contributed by atoms with van der Waals surface area (Å²) in [5.74, 6) is -1.51. The number of anilines is 1. The van der Waals surface area contributed by atoms with Crippen LogP contribution >= 0.6 is 7.82 Å². The van der Waals surface area contributed by atoms with Gasteiger partial charge in [0.15, 0.2) is 11.8 Å². The fourth-order valence-electron chi connectivity index (χ4n) is 13.8. The topological polar surface area (TPSA) is 198 Å². The smallest absolute Gasteiger partial charge is 0.462 e. The minimum Gasteiger partial charge on any atom is -0.462 e. The van der Waals surface area contributed by atoms with E-state index in [9.17, 15) is 36.8 Å². The van der Waals surface area contributed by atoms with Crippen LogP contribution in [0.2, 0.25) is 0 Å². The Morgan fingerprint density at radius 1 is 0.580 bits per heavy atom. The van der Waals surface area contributed by atoms with Crippen molar-refractivity contribution in [2.45, 2.75) is 258 Å². The van der Waals surface area contributed by atoms with Gasteiger partial charge < -0.3 is 24.6 Å². The number of fused-ring (bicyclic) bond motifs is 6. The summed E-state index contributed by atoms with van der Waals surface area (Å²) in [5.41, 5.74) is 5.76. The van der Waals surface area contributed by atoms with Gasteiger partial charge in [0.25, 0.3) is 10.1 Å². The number of nitrogens with one attached hydrogen (secondary N) is 1. The molecule has 0 spiro atoms. The molecular formula is C83H121N3O12PS+. The number of phosphoric ester groups is 1. The fraction of sp³-hybridized carbons (Fsp3) is 0.566. The molecule has 0 aromatic heterocycles. The van der Waals surface area contributed by atoms with Crippen LogP contribution in [0.4, 0.5) is 11.4 Å². The van der Waals surface area contributed by atoms with Crippen LogP contribution in [0.25, 0.3) is 21.5 Å². The highest BCUT2D eigenvalue weighted by atomic mass is 32.2. The first-order valence-corrected chi connectivity index (χ1v) is 41.1. The number of carbonyl (C=O) groups excluding carboxylic acids is 3. The van der Waals surface area contributed by atoms with E-state index in [2.05, 4.69) is 147 Å². The average Bonchev–Trinajstić information content (AvgIpc) is 1.58. The van der Waals surface area contributed by atoms with Crippen LogP contribution in [-0.2, 0) is 58.4 Å². The third kappa shape index (κ3) is 28.9. The Balaban J connectivity index is 0.991. The van der Waals surface area contributed by atoms with Crippen molar-refractivity contribution >= 4 is 74.4 Å². The molecule has 550 valence electrons. The second-order valence-electron chi connectivity index (χ2n) is 28.1. The minimum absolute atomic E-state index is 0.0797. The van der Waals surface area contributed by atoms with E-state index in [0.29, 0.717) is 38.8 Å². The molecule has 2 aliphatic heterocycles. The molecule has 2 heterocycles. The molecule has 0 fully saturated rings. The second-order valence-corrected chi connectivity index (χ2v) is 31.2. The number of nitrogens with zero attached hydrogens (tertiary/aromatic N) is 2. The summed E-state index contributed by atoms with van der Waals surface area (Å²) >= 11 is 0. The molecule has 2 aliphatic rings. The standard InChI is InChI=1S/C83H120N3O12PS/c1-7-9-11-13-15-17-19-21-23-25-27-29-31-36-40-54-78(88)95-66-70(98-79(89)55-41-37-32-30-28-26-24-22-20-18-16-14-12-10-8-2)67-97-99(90,91)96-64-61-84-77(87)60-63-86-74-59-57-69-49-43-45-51-72(69)81(74)83(5,6)76(86)53-39-35-33-34-38-52-75-82(3,4)80-71-50-44-42-48-68(71)56-58-73(80)85(75)62-46-47-65-100(92,93)94/h21-24,33-35,38-39,42-45,48-53,56-59,70H,7-20,25-32,36-37,40-41,46-47,54-55,60-67H2,1-6H3,(H2-,84,87,90,91,92,93,94)/p+1/b23-21-,24-22-. The number of rotatable bonds is 52. The second kappa shape index (κ2) is 45.0. The predicted octanol–water partition coefficient (Wildman–Crippen LogP) is 20.6. The third-order valence-corrected chi connectivity index (χ3v) is 21.0. The van der Waals surface area contributed by atoms with Crippen molar-refractivity contribution in [2.24, 2.45) is 0 Å². The van der Waals surface area contributed by atoms with Crippen molar-refractivity contribution in [3.63, 3.8) is 0 Å². The summed E-state index contributed by atoms with van der Waals surface area (Å²) in [6.45, 7) is 12.9. The molecule has 4 aromatic carbocycles. The lowest BCUT2D eigenvalue weighted by Crippen LogP contribution is -2.33. The zero-order valence-electron chi connectivity index (χ0n) is 61.5. The van der Waals surface area contributed by atoms with Crippen molar-refractivity contribution in [1.29, 1.82) is 0 Å². The average molecular weight is 1420 g/mol. The van der Waals surface area contributed by atoms with Crippen molar-refractivity contribution in [3.05, 3.63) is 156 Å². The molecule has 0 saturated heterocycles. The van der Waals surface area contributed by atoms with Gasteiger partial charge >= 0.3 is 19.8 Å². The molecule has 0 bridgehead atoms. The summed E-state index contributed by atoms with van der Waals surface area (Å²) in [7, 11) is -8.78. The first kappa shape index (κ1) is 82.7. The molecular weight excluding hydrogens is 1290 g/mol. The number of carbonyl (C=O) groups is 3. The van der Waals surface area contributed by atoms with Crippen molar-refractivity contribution in [3.8, 4) is 0 Å². The van der Waals surface area contributed by atoms with Gasteiger partial charge in [-0.2, -0.15) is 13.0 Å². The van der Waals surface area contributed by atoms with Crippen LogP contribution in [0.15, 0.2) is 145 Å². The quantitative estimate of drug-likeness (QED) is 0.00718. The van der Waals surface area contributed by atoms with E-state index in [1.165, 1.54) is 88.0 Å². The molecule has 2 atom stereocenters. The van der Waals surface area contributed by atoms with Gasteiger partial charge in [0.05, 0.1) is 24.4 Å². The summed E-state index contributed by atoms with van der Waals surface area (Å²) in [4.78, 5) is 52.6. The zero-order chi connectivity index (χ0) is 71.9. The maximum Gasteiger partial charge on any atom is 0.472 e. The minimum atomic E-state index is -4.72. The molecule has 2 unspecified atom stereocenters. The first-order chi connectivity index (χ1) is 48.3. The van der Waals surface area contributed by atoms with Crippen LogP contribution in [0.3, 0.4) is 0 Å². The van der Waals surface area contributed by atoms with Gasteiger partial charge in [-0.1, -0.05) is 240 Å². The number of benzene rings is 4. The van der Waals surface area contributed by atoms with Crippen LogP contribution in [0.1, 0.15) is 252 Å². The maximum absolute atomic E-state index is 13.6. The normalized spacial score (nSPS) is 15.8. The molecule has 100 heavy (non-hydrogen) atoms. The SMILES string of the molecule is CCCCCCCC/C=C\CCCCCCCC(=O)OCC(COP(=O)(O)OCCNC(=O)CCN1/C(=C/C=C/C=C/C=C/C2=[N+](CCCCS(=O)(=O)O)c3ccc4ccccc4c3C2(C)C)C(C)(C)c2c1ccc1ccccc21)OC(=O)CCCCCCC/C=C\CCCCCCCC. The lowest BCUT2D eigenvalue weighted by Gasteiger charge is -2.27. The van der Waals surface area contributed by atoms with Crippen LogP contribution in [0.5, 0.6) is 0 Å². The molecule has 6 rings (SSSR count). The number of unbranched alkanes of at least 4 members (excludes halogenated alkanes) is 23. The van der Waals surface area contributed by atoms with Crippen LogP contribution in [-0.4, -0.2) is 97.3 Å². The van der Waals surface area contributed by atoms with E-state index in [1.54, 1.807) is 0 Å². The van der Waals surface area contributed by atoms with Crippen molar-refractivity contribution in [1.82, 2.24) is 5.32 Å². The predicted molar refractivity (Wildman–Crippen MR) is 411 cm³/mol. The molecule has 15 nitrogen and oxygen atoms in total. The van der Waals surface area contributed by atoms with Crippen LogP contribution in [0, 0.1) is 0 Å². The summed E-state index contributed by atoms with van der Waals surface area (Å²) in [5, 5.41) is 7.40. The lowest BCUT2D eigenvalue weighted by atomic mass is 9.79. The Kier molecular flexibility index (Phi) is 37.2. The highest BCUT2D eigenvalue weighted by Crippen LogP contribution is 2.51. The number of ether oxygens (including phenoxy) is 2. The zero-order valence-corrected chi connectivity index (χ0v) is 63.2. The summed E-state index contributed by atoms with van der Waals surface area (Å²) in [6, 6.07) is 25.1. The van der Waals surface area contributed by atoms with Gasteiger partial charge in [0.1, 0.15) is 13.2 Å². The fourth-order valence-corrected chi connectivity index (χ4v) is 15.1. The van der Waals surface area contributed by atoms with Gasteiger partial charge in [-0.15, -0.1) is 0 Å². The first-order valence-electron chi connectivity index (χ1n) is 37.9. The molecule has 4 aromatic rings. The highest BCUT2D eigenvalue weighted by molar-refractivity contribution is 7.85. The van der Waals surface area contributed by atoms with Gasteiger partial charge in [0, 0.05) is 73.3 Å². The van der Waals surface area contributed by atoms with Gasteiger partial charge in [-0.05, 0) is 130 Å². The lowest BCUT2D eigenvalue weighted by molar-refractivity contribution is -0.438. The molecule has 17 heteroatoms. The van der Waals surface area contributed by atoms with E-state index >= 15 is 0 Å². The number of phosphoric acid groups is 1. The number of hydrogen-bond donors (Lipinski definition) is 3. The molecule has 0 aliphatic carbocycles. The maximum atomic E-state index is 13.6. The van der Waals surface area contributed by atoms with E-state index in [4.69, 9.17) is 18.5 Å². The van der Waals surface area contributed by atoms with Gasteiger partial charge in [-0.25, -0.2) is 4.57 Å². The van der Waals surface area contributed by atoms with Crippen molar-refractivity contribution in [2.75, 3.05) is 50.1 Å². The summed E-state index contributed by atoms with van der Waals surface area (Å²) < 4.78 is 70.0. The number of esters is 2. The molecule has 0 saturated carbocycles. The number of hydrogen-bond acceptors (Lipinski definition) is 11. The highest BCUT2D eigenvalue weighted by Gasteiger charge is 2.45. The third-order valence-electron chi connectivity index (χ3n) is 19.2. The van der Waals surface area contributed by atoms with E-state index in [1.807, 2.05) is 48.6 Å². The van der Waals surface area contributed by atoms with Crippen LogP contribution < -0.4 is 10.2 Å². The van der Waals surface area contributed by atoms with E-state index < -0.39 is 48.0 Å². The monoisotopic (exact) mass is 1410 g/mol. The Hall–Kier alpha value is -6.26. The largest absolute Gasteiger partial charge is 0.472 e. The van der Waals surface area contributed by atoms with Gasteiger partial charge in [0.2, 0.25) is 11.6 Å². The Morgan fingerprint density at radius 3 is 1.69 bits per heavy atom. The Labute approximate surface area is 600 Å². The molecule has 3 N–H and O–H groups in total. The number of amides is 1. The van der Waals surface area contributed by atoms with E-state index in [0.717, 1.165) is 122 Å². The molecule has 0 radical (unpaired) electrons. The van der Waals surface area contributed by atoms with Gasteiger partial charge in [-0.3, -0.25) is 28.0 Å². The summed E-state index contributed by atoms with van der Waals surface area (Å²) in [6.07, 6.45) is 53.1. The Morgan fingerprint density at radius 2 is 1.10 bits per heavy atom.